The van der Waals surface area contributed by atoms with Crippen molar-refractivity contribution in [1.82, 2.24) is 10.2 Å². The lowest BCUT2D eigenvalue weighted by atomic mass is 10.1. The molecule has 6 nitrogen and oxygen atoms in total. The van der Waals surface area contributed by atoms with Gasteiger partial charge in [0, 0.05) is 13.1 Å². The number of rotatable bonds is 2. The van der Waals surface area contributed by atoms with E-state index in [1.54, 1.807) is 20.8 Å². The van der Waals surface area contributed by atoms with Gasteiger partial charge in [-0.1, -0.05) is 0 Å². The Kier molecular flexibility index (Phi) is 3.54. The molecule has 1 amide bonds. The third-order valence-corrected chi connectivity index (χ3v) is 2.23. The summed E-state index contributed by atoms with van der Waals surface area (Å²) >= 11 is 0. The van der Waals surface area contributed by atoms with Crippen LogP contribution in [0.4, 0.5) is 0 Å². The predicted octanol–water partition coefficient (Wildman–Crippen LogP) is -0.922. The first kappa shape index (κ1) is 12.9. The van der Waals surface area contributed by atoms with E-state index in [0.717, 1.165) is 4.90 Å². The van der Waals surface area contributed by atoms with Crippen LogP contribution in [-0.2, 0) is 14.3 Å². The Hall–Kier alpha value is -1.14. The van der Waals surface area contributed by atoms with Gasteiger partial charge in [0.25, 0.3) is 5.72 Å². The van der Waals surface area contributed by atoms with Crippen molar-refractivity contribution in [3.8, 4) is 0 Å². The fraction of sp³-hybridized carbons (Fsp3) is 0.800. The number of nitrogens with one attached hydrogen (secondary N) is 1. The fourth-order valence-electron chi connectivity index (χ4n) is 1.44. The summed E-state index contributed by atoms with van der Waals surface area (Å²) in [7, 11) is 0. The summed E-state index contributed by atoms with van der Waals surface area (Å²) in [5.74, 6) is -0.806. The third kappa shape index (κ3) is 2.70. The van der Waals surface area contributed by atoms with Gasteiger partial charge < -0.3 is 20.1 Å². The molecule has 1 aliphatic heterocycles. The van der Waals surface area contributed by atoms with Gasteiger partial charge in [0.2, 0.25) is 6.41 Å². The second-order valence-corrected chi connectivity index (χ2v) is 4.79. The molecule has 0 bridgehead atoms. The van der Waals surface area contributed by atoms with Gasteiger partial charge in [-0.15, -0.1) is 0 Å². The zero-order chi connectivity index (χ0) is 12.4. The van der Waals surface area contributed by atoms with Crippen LogP contribution in [0.1, 0.15) is 20.8 Å². The van der Waals surface area contributed by atoms with Crippen LogP contribution in [0, 0.1) is 0 Å². The normalized spacial score (nSPS) is 26.4. The summed E-state index contributed by atoms with van der Waals surface area (Å²) in [4.78, 5) is 23.6. The largest absolute Gasteiger partial charge is 0.456 e. The van der Waals surface area contributed by atoms with Crippen molar-refractivity contribution in [2.45, 2.75) is 32.1 Å². The van der Waals surface area contributed by atoms with E-state index < -0.39 is 17.3 Å². The SMILES string of the molecule is CC(C)(C)OC(=O)C1(O)CNCCN1C=O. The highest BCUT2D eigenvalue weighted by Crippen LogP contribution is 2.18. The number of ether oxygens (including phenoxy) is 1. The summed E-state index contributed by atoms with van der Waals surface area (Å²) in [6.07, 6.45) is 0.463. The van der Waals surface area contributed by atoms with E-state index in [4.69, 9.17) is 4.74 Å². The van der Waals surface area contributed by atoms with Crippen LogP contribution in [-0.4, -0.2) is 53.3 Å². The van der Waals surface area contributed by atoms with Crippen LogP contribution in [0.15, 0.2) is 0 Å². The Labute approximate surface area is 94.6 Å². The summed E-state index contributed by atoms with van der Waals surface area (Å²) in [6, 6.07) is 0. The minimum atomic E-state index is -1.90. The molecule has 1 aliphatic rings. The minimum absolute atomic E-state index is 0.0132. The van der Waals surface area contributed by atoms with Crippen LogP contribution in [0.3, 0.4) is 0 Å². The van der Waals surface area contributed by atoms with Crippen molar-refractivity contribution in [1.29, 1.82) is 0 Å². The summed E-state index contributed by atoms with van der Waals surface area (Å²) in [6.45, 7) is 5.92. The van der Waals surface area contributed by atoms with Crippen molar-refractivity contribution in [2.24, 2.45) is 0 Å². The first-order valence-corrected chi connectivity index (χ1v) is 5.18. The average molecular weight is 230 g/mol. The van der Waals surface area contributed by atoms with E-state index in [1.807, 2.05) is 0 Å². The van der Waals surface area contributed by atoms with Crippen molar-refractivity contribution in [3.05, 3.63) is 0 Å². The molecule has 0 aliphatic carbocycles. The maximum Gasteiger partial charge on any atom is 0.361 e. The van der Waals surface area contributed by atoms with Crippen molar-refractivity contribution in [2.75, 3.05) is 19.6 Å². The number of carbonyl (C=O) groups excluding carboxylic acids is 2. The molecule has 0 aromatic heterocycles. The minimum Gasteiger partial charge on any atom is -0.456 e. The Balaban J connectivity index is 2.81. The Morgan fingerprint density at radius 1 is 1.56 bits per heavy atom. The molecule has 1 unspecified atom stereocenters. The molecule has 0 aromatic rings. The highest BCUT2D eigenvalue weighted by Gasteiger charge is 2.46. The van der Waals surface area contributed by atoms with E-state index in [-0.39, 0.29) is 13.1 Å². The topological polar surface area (TPSA) is 78.9 Å². The van der Waals surface area contributed by atoms with E-state index >= 15 is 0 Å². The van der Waals surface area contributed by atoms with E-state index in [1.165, 1.54) is 0 Å². The molecule has 6 heteroatoms. The number of hydrogen-bond donors (Lipinski definition) is 2. The van der Waals surface area contributed by atoms with E-state index in [2.05, 4.69) is 5.32 Å². The average Bonchev–Trinajstić information content (AvgIpc) is 2.16. The van der Waals surface area contributed by atoms with Crippen LogP contribution in [0.5, 0.6) is 0 Å². The number of esters is 1. The summed E-state index contributed by atoms with van der Waals surface area (Å²) < 4.78 is 5.08. The molecule has 92 valence electrons. The number of hydrogen-bond acceptors (Lipinski definition) is 5. The number of amides is 1. The molecule has 1 rings (SSSR count). The molecular formula is C10H18N2O4. The van der Waals surface area contributed by atoms with Crippen molar-refractivity contribution in [3.63, 3.8) is 0 Å². The smallest absolute Gasteiger partial charge is 0.361 e. The number of aliphatic hydroxyl groups is 1. The maximum atomic E-state index is 11.8. The molecule has 1 heterocycles. The number of carbonyl (C=O) groups is 2. The quantitative estimate of drug-likeness (QED) is 0.474. The fourth-order valence-corrected chi connectivity index (χ4v) is 1.44. The standard InChI is InChI=1S/C10H18N2O4/c1-9(2,3)16-8(14)10(15)6-11-4-5-12(10)7-13/h7,11,15H,4-6H2,1-3H3. The Morgan fingerprint density at radius 3 is 2.69 bits per heavy atom. The zero-order valence-corrected chi connectivity index (χ0v) is 9.82. The van der Waals surface area contributed by atoms with Gasteiger partial charge >= 0.3 is 5.97 Å². The Morgan fingerprint density at radius 2 is 2.19 bits per heavy atom. The number of β-amino-alcohol motifs (C(OH)–C–C–N with tert-alkyl or cyclic N) is 1. The molecule has 16 heavy (non-hydrogen) atoms. The first-order chi connectivity index (χ1) is 7.29. The lowest BCUT2D eigenvalue weighted by Gasteiger charge is -2.40. The maximum absolute atomic E-state index is 11.8. The zero-order valence-electron chi connectivity index (χ0n) is 9.82. The first-order valence-electron chi connectivity index (χ1n) is 5.18. The van der Waals surface area contributed by atoms with Gasteiger partial charge in [-0.05, 0) is 20.8 Å². The van der Waals surface area contributed by atoms with Crippen LogP contribution in [0.25, 0.3) is 0 Å². The highest BCUT2D eigenvalue weighted by molar-refractivity contribution is 5.82. The molecule has 0 aromatic carbocycles. The molecule has 0 spiro atoms. The summed E-state index contributed by atoms with van der Waals surface area (Å²) in [5.41, 5.74) is -2.59. The van der Waals surface area contributed by atoms with Gasteiger partial charge in [0.1, 0.15) is 5.60 Å². The number of piperazine rings is 1. The molecule has 2 N–H and O–H groups in total. The van der Waals surface area contributed by atoms with Gasteiger partial charge in [-0.25, -0.2) is 4.79 Å². The highest BCUT2D eigenvalue weighted by atomic mass is 16.6. The van der Waals surface area contributed by atoms with Crippen LogP contribution in [0.2, 0.25) is 0 Å². The monoisotopic (exact) mass is 230 g/mol. The van der Waals surface area contributed by atoms with Gasteiger partial charge in [0.05, 0.1) is 6.54 Å². The van der Waals surface area contributed by atoms with Gasteiger partial charge in [-0.2, -0.15) is 0 Å². The molecule has 1 saturated heterocycles. The van der Waals surface area contributed by atoms with E-state index in [9.17, 15) is 14.7 Å². The second-order valence-electron chi connectivity index (χ2n) is 4.79. The van der Waals surface area contributed by atoms with Crippen molar-refractivity contribution < 1.29 is 19.4 Å². The van der Waals surface area contributed by atoms with Gasteiger partial charge in [0.15, 0.2) is 0 Å². The number of nitrogens with zero attached hydrogens (tertiary/aromatic N) is 1. The van der Waals surface area contributed by atoms with E-state index in [0.29, 0.717) is 13.0 Å². The Bertz CT molecular complexity index is 287. The molecule has 1 fully saturated rings. The molecule has 1 atom stereocenters. The molecular weight excluding hydrogens is 212 g/mol. The molecule has 0 saturated carbocycles. The summed E-state index contributed by atoms with van der Waals surface area (Å²) in [5, 5.41) is 13.0. The van der Waals surface area contributed by atoms with Crippen molar-refractivity contribution >= 4 is 12.4 Å². The third-order valence-electron chi connectivity index (χ3n) is 2.23. The second kappa shape index (κ2) is 4.39. The predicted molar refractivity (Wildman–Crippen MR) is 56.4 cm³/mol. The van der Waals surface area contributed by atoms with Gasteiger partial charge in [-0.3, -0.25) is 4.79 Å². The van der Waals surface area contributed by atoms with Crippen LogP contribution < -0.4 is 5.32 Å². The lowest BCUT2D eigenvalue weighted by Crippen LogP contribution is -2.66. The van der Waals surface area contributed by atoms with Crippen LogP contribution >= 0.6 is 0 Å². The molecule has 0 radical (unpaired) electrons. The lowest BCUT2D eigenvalue weighted by molar-refractivity contribution is -0.201.